The van der Waals surface area contributed by atoms with Gasteiger partial charge in [0.15, 0.2) is 11.5 Å². The number of methoxy groups -OCH3 is 2. The van der Waals surface area contributed by atoms with E-state index in [-0.39, 0.29) is 11.9 Å². The van der Waals surface area contributed by atoms with Gasteiger partial charge in [0, 0.05) is 44.8 Å². The highest BCUT2D eigenvalue weighted by Crippen LogP contribution is 2.29. The predicted molar refractivity (Wildman–Crippen MR) is 102 cm³/mol. The van der Waals surface area contributed by atoms with Gasteiger partial charge in [-0.3, -0.25) is 4.79 Å². The van der Waals surface area contributed by atoms with Crippen LogP contribution in [0.1, 0.15) is 43.0 Å². The Balaban J connectivity index is 2.14. The fourth-order valence-corrected chi connectivity index (χ4v) is 3.26. The molecular formula is C20H32N2O4. The number of rotatable bonds is 10. The zero-order chi connectivity index (χ0) is 18.8. The lowest BCUT2D eigenvalue weighted by atomic mass is 10.0. The van der Waals surface area contributed by atoms with Crippen molar-refractivity contribution in [3.05, 3.63) is 23.8 Å². The van der Waals surface area contributed by atoms with Crippen LogP contribution in [0.25, 0.3) is 0 Å². The van der Waals surface area contributed by atoms with Crippen LogP contribution in [0, 0.1) is 0 Å². The topological polar surface area (TPSA) is 60.0 Å². The van der Waals surface area contributed by atoms with Gasteiger partial charge in [-0.05, 0) is 44.0 Å². The van der Waals surface area contributed by atoms with Crippen LogP contribution in [0.4, 0.5) is 0 Å². The zero-order valence-corrected chi connectivity index (χ0v) is 16.3. The van der Waals surface area contributed by atoms with Crippen LogP contribution < -0.4 is 14.8 Å². The average Bonchev–Trinajstić information content (AvgIpc) is 2.69. The van der Waals surface area contributed by atoms with Crippen LogP contribution in [-0.4, -0.2) is 63.9 Å². The molecule has 146 valence electrons. The number of piperidine rings is 1. The van der Waals surface area contributed by atoms with Crippen LogP contribution in [0.3, 0.4) is 0 Å². The number of carbonyl (C=O) groups is 1. The van der Waals surface area contributed by atoms with Gasteiger partial charge < -0.3 is 24.4 Å². The van der Waals surface area contributed by atoms with Gasteiger partial charge >= 0.3 is 0 Å². The van der Waals surface area contributed by atoms with E-state index < -0.39 is 0 Å². The summed E-state index contributed by atoms with van der Waals surface area (Å²) in [6.07, 6.45) is 3.89. The Morgan fingerprint density at radius 1 is 1.27 bits per heavy atom. The summed E-state index contributed by atoms with van der Waals surface area (Å²) in [5.41, 5.74) is 0.645. The second-order valence-corrected chi connectivity index (χ2v) is 6.56. The van der Waals surface area contributed by atoms with Crippen molar-refractivity contribution < 1.29 is 19.0 Å². The summed E-state index contributed by atoms with van der Waals surface area (Å²) in [4.78, 5) is 15.1. The van der Waals surface area contributed by atoms with Crippen LogP contribution in [-0.2, 0) is 4.74 Å². The van der Waals surface area contributed by atoms with E-state index in [9.17, 15) is 4.79 Å². The molecule has 0 bridgehead atoms. The van der Waals surface area contributed by atoms with Crippen LogP contribution in [0.15, 0.2) is 18.2 Å². The van der Waals surface area contributed by atoms with Gasteiger partial charge in [-0.15, -0.1) is 0 Å². The molecule has 1 heterocycles. The van der Waals surface area contributed by atoms with Crippen molar-refractivity contribution in [3.63, 3.8) is 0 Å². The molecule has 1 aliphatic rings. The molecule has 0 saturated carbocycles. The molecule has 1 aromatic rings. The van der Waals surface area contributed by atoms with Crippen LogP contribution >= 0.6 is 0 Å². The lowest BCUT2D eigenvalue weighted by Crippen LogP contribution is -2.49. The molecule has 0 spiro atoms. The van der Waals surface area contributed by atoms with Gasteiger partial charge in [-0.1, -0.05) is 6.92 Å². The van der Waals surface area contributed by atoms with Gasteiger partial charge in [0.2, 0.25) is 0 Å². The molecule has 0 unspecified atom stereocenters. The van der Waals surface area contributed by atoms with E-state index in [0.717, 1.165) is 45.3 Å². The maximum absolute atomic E-state index is 13.1. The van der Waals surface area contributed by atoms with Gasteiger partial charge in [-0.2, -0.15) is 0 Å². The summed E-state index contributed by atoms with van der Waals surface area (Å²) in [5.74, 6) is 1.30. The molecule has 1 atom stereocenters. The largest absolute Gasteiger partial charge is 0.493 e. The SMILES string of the molecule is CCCN(C(=O)c1ccc(OC)c(OCCCOC)c1)[C@@H]1CCCNC1. The summed E-state index contributed by atoms with van der Waals surface area (Å²) in [6.45, 7) is 5.93. The van der Waals surface area contributed by atoms with Gasteiger partial charge in [0.05, 0.1) is 13.7 Å². The lowest BCUT2D eigenvalue weighted by Gasteiger charge is -2.34. The van der Waals surface area contributed by atoms with Crippen molar-refractivity contribution in [1.82, 2.24) is 10.2 Å². The summed E-state index contributed by atoms with van der Waals surface area (Å²) in [5, 5.41) is 3.40. The van der Waals surface area contributed by atoms with Crippen molar-refractivity contribution in [2.24, 2.45) is 0 Å². The molecule has 1 N–H and O–H groups in total. The molecule has 1 amide bonds. The molecule has 6 nitrogen and oxygen atoms in total. The van der Waals surface area contributed by atoms with E-state index in [2.05, 4.69) is 12.2 Å². The minimum atomic E-state index is 0.0601. The highest BCUT2D eigenvalue weighted by atomic mass is 16.5. The average molecular weight is 364 g/mol. The third-order valence-corrected chi connectivity index (χ3v) is 4.60. The minimum Gasteiger partial charge on any atom is -0.493 e. The Morgan fingerprint density at radius 3 is 2.77 bits per heavy atom. The number of nitrogens with zero attached hydrogens (tertiary/aromatic N) is 1. The quantitative estimate of drug-likeness (QED) is 0.647. The molecule has 2 rings (SSSR count). The first-order valence-electron chi connectivity index (χ1n) is 9.52. The van der Waals surface area contributed by atoms with E-state index in [1.165, 1.54) is 0 Å². The smallest absolute Gasteiger partial charge is 0.254 e. The van der Waals surface area contributed by atoms with Crippen molar-refractivity contribution in [1.29, 1.82) is 0 Å². The fraction of sp³-hybridized carbons (Fsp3) is 0.650. The summed E-state index contributed by atoms with van der Waals surface area (Å²) in [7, 11) is 3.28. The molecule has 0 aromatic heterocycles. The van der Waals surface area contributed by atoms with E-state index >= 15 is 0 Å². The van der Waals surface area contributed by atoms with Gasteiger partial charge in [0.25, 0.3) is 5.91 Å². The Bertz CT molecular complexity index is 559. The van der Waals surface area contributed by atoms with Gasteiger partial charge in [0.1, 0.15) is 0 Å². The predicted octanol–water partition coefficient (Wildman–Crippen LogP) is 2.71. The Morgan fingerprint density at radius 2 is 2.12 bits per heavy atom. The molecule has 0 radical (unpaired) electrons. The standard InChI is InChI=1S/C20H32N2O4/c1-4-11-22(17-7-5-10-21-15-17)20(23)16-8-9-18(25-3)19(14-16)26-13-6-12-24-2/h8-9,14,17,21H,4-7,10-13,15H2,1-3H3/t17-/m1/s1. The van der Waals surface area contributed by atoms with Gasteiger partial charge in [-0.25, -0.2) is 0 Å². The fourth-order valence-electron chi connectivity index (χ4n) is 3.26. The molecule has 1 saturated heterocycles. The molecular weight excluding hydrogens is 332 g/mol. The number of ether oxygens (including phenoxy) is 3. The number of carbonyl (C=O) groups excluding carboxylic acids is 1. The Kier molecular flexibility index (Phi) is 8.71. The molecule has 6 heteroatoms. The highest BCUT2D eigenvalue weighted by Gasteiger charge is 2.26. The normalized spacial score (nSPS) is 17.0. The molecule has 1 aliphatic heterocycles. The maximum atomic E-state index is 13.1. The number of nitrogens with one attached hydrogen (secondary N) is 1. The van der Waals surface area contributed by atoms with Crippen LogP contribution in [0.5, 0.6) is 11.5 Å². The second-order valence-electron chi connectivity index (χ2n) is 6.56. The second kappa shape index (κ2) is 11.0. The molecule has 1 aromatic carbocycles. The number of hydrogen-bond donors (Lipinski definition) is 1. The maximum Gasteiger partial charge on any atom is 0.254 e. The Labute approximate surface area is 156 Å². The summed E-state index contributed by atoms with van der Waals surface area (Å²) in [6, 6.07) is 5.68. The molecule has 26 heavy (non-hydrogen) atoms. The van der Waals surface area contributed by atoms with E-state index in [0.29, 0.717) is 30.3 Å². The van der Waals surface area contributed by atoms with Crippen molar-refractivity contribution in [3.8, 4) is 11.5 Å². The third-order valence-electron chi connectivity index (χ3n) is 4.60. The monoisotopic (exact) mass is 364 g/mol. The third kappa shape index (κ3) is 5.61. The number of benzene rings is 1. The first kappa shape index (κ1) is 20.5. The highest BCUT2D eigenvalue weighted by molar-refractivity contribution is 5.95. The van der Waals surface area contributed by atoms with Crippen molar-refractivity contribution >= 4 is 5.91 Å². The number of amides is 1. The summed E-state index contributed by atoms with van der Waals surface area (Å²) < 4.78 is 16.2. The number of hydrogen-bond acceptors (Lipinski definition) is 5. The first-order valence-corrected chi connectivity index (χ1v) is 9.52. The summed E-state index contributed by atoms with van der Waals surface area (Å²) >= 11 is 0. The molecule has 0 aliphatic carbocycles. The minimum absolute atomic E-state index is 0.0601. The zero-order valence-electron chi connectivity index (χ0n) is 16.3. The van der Waals surface area contributed by atoms with Crippen molar-refractivity contribution in [2.75, 3.05) is 47.1 Å². The Hall–Kier alpha value is -1.79. The molecule has 1 fully saturated rings. The van der Waals surface area contributed by atoms with E-state index in [4.69, 9.17) is 14.2 Å². The van der Waals surface area contributed by atoms with E-state index in [1.54, 1.807) is 20.3 Å². The van der Waals surface area contributed by atoms with E-state index in [1.807, 2.05) is 17.0 Å². The van der Waals surface area contributed by atoms with Crippen molar-refractivity contribution in [2.45, 2.75) is 38.6 Å². The van der Waals surface area contributed by atoms with Crippen LogP contribution in [0.2, 0.25) is 0 Å². The first-order chi connectivity index (χ1) is 12.7. The lowest BCUT2D eigenvalue weighted by molar-refractivity contribution is 0.0648.